The molecular formula is C23H23N3O2S. The van der Waals surface area contributed by atoms with Gasteiger partial charge in [0.1, 0.15) is 0 Å². The third-order valence-electron chi connectivity index (χ3n) is 5.20. The summed E-state index contributed by atoms with van der Waals surface area (Å²) >= 11 is 1.50. The quantitative estimate of drug-likeness (QED) is 0.671. The number of thiazole rings is 1. The zero-order chi connectivity index (χ0) is 20.4. The Morgan fingerprint density at radius 2 is 1.90 bits per heavy atom. The molecule has 1 aliphatic heterocycles. The molecule has 5 nitrogen and oxygen atoms in total. The minimum absolute atomic E-state index is 0.0159. The first kappa shape index (κ1) is 19.3. The third kappa shape index (κ3) is 3.93. The fraction of sp³-hybridized carbons (Fsp3) is 0.261. The van der Waals surface area contributed by atoms with Crippen molar-refractivity contribution in [3.8, 4) is 11.3 Å². The number of nitrogens with one attached hydrogen (secondary N) is 1. The van der Waals surface area contributed by atoms with Crippen molar-refractivity contribution < 1.29 is 9.59 Å². The highest BCUT2D eigenvalue weighted by Crippen LogP contribution is 2.33. The van der Waals surface area contributed by atoms with E-state index in [2.05, 4.69) is 17.2 Å². The molecule has 1 saturated heterocycles. The molecule has 2 aromatic carbocycles. The molecule has 1 N–H and O–H groups in total. The topological polar surface area (TPSA) is 62.3 Å². The highest BCUT2D eigenvalue weighted by atomic mass is 32.1. The van der Waals surface area contributed by atoms with E-state index in [4.69, 9.17) is 0 Å². The normalized spacial score (nSPS) is 16.3. The molecule has 2 amide bonds. The lowest BCUT2D eigenvalue weighted by Crippen LogP contribution is -2.28. The number of anilines is 2. The maximum atomic E-state index is 12.8. The number of aryl methyl sites for hydroxylation is 2. The zero-order valence-corrected chi connectivity index (χ0v) is 17.3. The zero-order valence-electron chi connectivity index (χ0n) is 16.5. The highest BCUT2D eigenvalue weighted by Gasteiger charge is 2.36. The predicted molar refractivity (Wildman–Crippen MR) is 117 cm³/mol. The van der Waals surface area contributed by atoms with Crippen molar-refractivity contribution in [3.05, 3.63) is 65.0 Å². The SMILES string of the molecule is CCc1sc(NC(=O)[C@@H]2CC(=O)N(c3ccccc3C)C2)nc1-c1ccccc1. The van der Waals surface area contributed by atoms with Gasteiger partial charge in [-0.3, -0.25) is 9.59 Å². The molecule has 1 atom stereocenters. The number of hydrogen-bond acceptors (Lipinski definition) is 4. The van der Waals surface area contributed by atoms with Gasteiger partial charge in [0, 0.05) is 29.1 Å². The minimum atomic E-state index is -0.378. The summed E-state index contributed by atoms with van der Waals surface area (Å²) < 4.78 is 0. The Morgan fingerprint density at radius 1 is 1.17 bits per heavy atom. The summed E-state index contributed by atoms with van der Waals surface area (Å²) in [5.74, 6) is -0.542. The van der Waals surface area contributed by atoms with E-state index in [0.717, 1.165) is 33.8 Å². The molecule has 4 rings (SSSR count). The highest BCUT2D eigenvalue weighted by molar-refractivity contribution is 7.16. The van der Waals surface area contributed by atoms with E-state index >= 15 is 0 Å². The second-order valence-corrected chi connectivity index (χ2v) is 8.28. The Labute approximate surface area is 174 Å². The summed E-state index contributed by atoms with van der Waals surface area (Å²) in [4.78, 5) is 32.9. The number of hydrogen-bond donors (Lipinski definition) is 1. The average Bonchev–Trinajstić information content (AvgIpc) is 3.32. The van der Waals surface area contributed by atoms with Gasteiger partial charge in [0.25, 0.3) is 0 Å². The lowest BCUT2D eigenvalue weighted by molar-refractivity contribution is -0.122. The lowest BCUT2D eigenvalue weighted by atomic mass is 10.1. The summed E-state index contributed by atoms with van der Waals surface area (Å²) in [6.45, 7) is 4.46. The van der Waals surface area contributed by atoms with Crippen LogP contribution in [0.1, 0.15) is 23.8 Å². The van der Waals surface area contributed by atoms with Crippen molar-refractivity contribution in [2.75, 3.05) is 16.8 Å². The molecule has 6 heteroatoms. The van der Waals surface area contributed by atoms with Crippen LogP contribution >= 0.6 is 11.3 Å². The summed E-state index contributed by atoms with van der Waals surface area (Å²) in [6, 6.07) is 17.7. The first-order valence-electron chi connectivity index (χ1n) is 9.78. The van der Waals surface area contributed by atoms with Crippen LogP contribution in [0.4, 0.5) is 10.8 Å². The van der Waals surface area contributed by atoms with Gasteiger partial charge in [-0.15, -0.1) is 11.3 Å². The van der Waals surface area contributed by atoms with Crippen molar-refractivity contribution in [1.82, 2.24) is 4.98 Å². The van der Waals surface area contributed by atoms with Crippen molar-refractivity contribution in [2.24, 2.45) is 5.92 Å². The number of rotatable bonds is 5. The van der Waals surface area contributed by atoms with Crippen LogP contribution in [-0.2, 0) is 16.0 Å². The molecule has 1 aliphatic rings. The number of amides is 2. The standard InChI is InChI=1S/C23H23N3O2S/c1-3-19-21(16-10-5-4-6-11-16)24-23(29-19)25-22(28)17-13-20(27)26(14-17)18-12-8-7-9-15(18)2/h4-12,17H,3,13-14H2,1-2H3,(H,24,25,28)/t17-/m1/s1. The van der Waals surface area contributed by atoms with E-state index in [1.165, 1.54) is 11.3 Å². The van der Waals surface area contributed by atoms with E-state index in [0.29, 0.717) is 11.7 Å². The number of aromatic nitrogens is 1. The Kier molecular flexibility index (Phi) is 5.45. The van der Waals surface area contributed by atoms with Crippen LogP contribution in [0.15, 0.2) is 54.6 Å². The molecule has 29 heavy (non-hydrogen) atoms. The van der Waals surface area contributed by atoms with Crippen LogP contribution in [0.3, 0.4) is 0 Å². The van der Waals surface area contributed by atoms with Gasteiger partial charge >= 0.3 is 0 Å². The first-order valence-corrected chi connectivity index (χ1v) is 10.6. The molecule has 1 aromatic heterocycles. The molecule has 0 spiro atoms. The van der Waals surface area contributed by atoms with Crippen LogP contribution in [0.25, 0.3) is 11.3 Å². The Balaban J connectivity index is 1.50. The van der Waals surface area contributed by atoms with Crippen molar-refractivity contribution >= 4 is 34.0 Å². The summed E-state index contributed by atoms with van der Waals surface area (Å²) in [6.07, 6.45) is 1.07. The van der Waals surface area contributed by atoms with Gasteiger partial charge in [-0.1, -0.05) is 55.5 Å². The molecular weight excluding hydrogens is 382 g/mol. The van der Waals surface area contributed by atoms with Crippen LogP contribution in [0.2, 0.25) is 0 Å². The fourth-order valence-electron chi connectivity index (χ4n) is 3.66. The Hall–Kier alpha value is -2.99. The number of carbonyl (C=O) groups excluding carboxylic acids is 2. The van der Waals surface area contributed by atoms with Gasteiger partial charge < -0.3 is 10.2 Å². The molecule has 0 aliphatic carbocycles. The molecule has 1 fully saturated rings. The molecule has 0 bridgehead atoms. The lowest BCUT2D eigenvalue weighted by Gasteiger charge is -2.18. The van der Waals surface area contributed by atoms with Gasteiger partial charge in [0.15, 0.2) is 5.13 Å². The van der Waals surface area contributed by atoms with Crippen LogP contribution in [0, 0.1) is 12.8 Å². The second-order valence-electron chi connectivity index (χ2n) is 7.19. The average molecular weight is 406 g/mol. The second kappa shape index (κ2) is 8.17. The van der Waals surface area contributed by atoms with Gasteiger partial charge in [-0.25, -0.2) is 4.98 Å². The monoisotopic (exact) mass is 405 g/mol. The van der Waals surface area contributed by atoms with Gasteiger partial charge in [0.05, 0.1) is 11.6 Å². The van der Waals surface area contributed by atoms with E-state index in [-0.39, 0.29) is 24.2 Å². The van der Waals surface area contributed by atoms with Crippen molar-refractivity contribution in [1.29, 1.82) is 0 Å². The maximum absolute atomic E-state index is 12.8. The van der Waals surface area contributed by atoms with Gasteiger partial charge in [-0.05, 0) is 25.0 Å². The van der Waals surface area contributed by atoms with Crippen LogP contribution < -0.4 is 10.2 Å². The Bertz CT molecular complexity index is 1050. The van der Waals surface area contributed by atoms with E-state index in [1.54, 1.807) is 4.90 Å². The molecule has 0 radical (unpaired) electrons. The summed E-state index contributed by atoms with van der Waals surface area (Å²) in [5, 5.41) is 3.54. The predicted octanol–water partition coefficient (Wildman–Crippen LogP) is 4.67. The van der Waals surface area contributed by atoms with Crippen molar-refractivity contribution in [3.63, 3.8) is 0 Å². The molecule has 3 aromatic rings. The maximum Gasteiger partial charge on any atom is 0.231 e. The van der Waals surface area contributed by atoms with Crippen molar-refractivity contribution in [2.45, 2.75) is 26.7 Å². The molecule has 0 saturated carbocycles. The number of carbonyl (C=O) groups is 2. The van der Waals surface area contributed by atoms with E-state index < -0.39 is 0 Å². The van der Waals surface area contributed by atoms with E-state index in [1.807, 2.05) is 61.5 Å². The smallest absolute Gasteiger partial charge is 0.231 e. The number of benzene rings is 2. The summed E-state index contributed by atoms with van der Waals surface area (Å²) in [5.41, 5.74) is 3.86. The summed E-state index contributed by atoms with van der Waals surface area (Å²) in [7, 11) is 0. The van der Waals surface area contributed by atoms with E-state index in [9.17, 15) is 9.59 Å². The van der Waals surface area contributed by atoms with Gasteiger partial charge in [0.2, 0.25) is 11.8 Å². The molecule has 148 valence electrons. The first-order chi connectivity index (χ1) is 14.1. The largest absolute Gasteiger partial charge is 0.311 e. The minimum Gasteiger partial charge on any atom is -0.311 e. The fourth-order valence-corrected chi connectivity index (χ4v) is 4.58. The van der Waals surface area contributed by atoms with Crippen LogP contribution in [-0.4, -0.2) is 23.3 Å². The Morgan fingerprint density at radius 3 is 2.62 bits per heavy atom. The number of para-hydroxylation sites is 1. The molecule has 0 unspecified atom stereocenters. The number of nitrogens with zero attached hydrogens (tertiary/aromatic N) is 2. The molecule has 2 heterocycles. The van der Waals surface area contributed by atoms with Gasteiger partial charge in [-0.2, -0.15) is 0 Å². The third-order valence-corrected chi connectivity index (χ3v) is 6.31. The van der Waals surface area contributed by atoms with Crippen LogP contribution in [0.5, 0.6) is 0 Å².